The van der Waals surface area contributed by atoms with Crippen LogP contribution in [0.15, 0.2) is 0 Å². The third-order valence-corrected chi connectivity index (χ3v) is 3.61. The molecule has 0 aromatic carbocycles. The van der Waals surface area contributed by atoms with Crippen LogP contribution in [0.1, 0.15) is 52.9 Å². The Bertz CT molecular complexity index is 251. The topological polar surface area (TPSA) is 49.3 Å². The first-order valence-electron chi connectivity index (χ1n) is 6.80. The number of aliphatic hydroxyl groups is 1. The largest absolute Gasteiger partial charge is 0.396 e. The van der Waals surface area contributed by atoms with Crippen molar-refractivity contribution in [1.82, 2.24) is 5.32 Å². The Morgan fingerprint density at radius 1 is 1.41 bits per heavy atom. The molecule has 1 aliphatic carbocycles. The van der Waals surface area contributed by atoms with Gasteiger partial charge in [0.2, 0.25) is 5.91 Å². The lowest BCUT2D eigenvalue weighted by molar-refractivity contribution is -0.122. The van der Waals surface area contributed by atoms with E-state index in [-0.39, 0.29) is 12.5 Å². The van der Waals surface area contributed by atoms with E-state index in [0.717, 1.165) is 12.3 Å². The molecule has 3 nitrogen and oxygen atoms in total. The van der Waals surface area contributed by atoms with Crippen molar-refractivity contribution < 1.29 is 9.90 Å². The lowest BCUT2D eigenvalue weighted by atomic mass is 9.67. The van der Waals surface area contributed by atoms with Crippen molar-refractivity contribution in [1.29, 1.82) is 0 Å². The van der Waals surface area contributed by atoms with Gasteiger partial charge in [-0.2, -0.15) is 0 Å². The summed E-state index contributed by atoms with van der Waals surface area (Å²) in [5, 5.41) is 11.5. The van der Waals surface area contributed by atoms with Gasteiger partial charge in [0.15, 0.2) is 0 Å². The fraction of sp³-hybridized carbons (Fsp3) is 0.929. The van der Waals surface area contributed by atoms with E-state index in [9.17, 15) is 4.79 Å². The first kappa shape index (κ1) is 14.5. The minimum absolute atomic E-state index is 0.147. The van der Waals surface area contributed by atoms with Gasteiger partial charge in [0.1, 0.15) is 0 Å². The zero-order chi connectivity index (χ0) is 12.9. The van der Waals surface area contributed by atoms with Crippen LogP contribution in [0, 0.1) is 17.3 Å². The van der Waals surface area contributed by atoms with Gasteiger partial charge in [-0.15, -0.1) is 0 Å². The van der Waals surface area contributed by atoms with Crippen LogP contribution >= 0.6 is 0 Å². The van der Waals surface area contributed by atoms with Crippen LogP contribution in [-0.2, 0) is 4.79 Å². The second kappa shape index (κ2) is 6.39. The number of amides is 1. The summed E-state index contributed by atoms with van der Waals surface area (Å²) in [5.74, 6) is 1.41. The van der Waals surface area contributed by atoms with Crippen LogP contribution in [0.4, 0.5) is 0 Å². The van der Waals surface area contributed by atoms with Crippen molar-refractivity contribution in [2.45, 2.75) is 52.9 Å². The van der Waals surface area contributed by atoms with E-state index < -0.39 is 0 Å². The normalized spacial score (nSPS) is 27.8. The Morgan fingerprint density at radius 2 is 2.12 bits per heavy atom. The fourth-order valence-electron chi connectivity index (χ4n) is 3.34. The van der Waals surface area contributed by atoms with Gasteiger partial charge in [-0.3, -0.25) is 4.79 Å². The molecule has 0 aromatic heterocycles. The highest BCUT2D eigenvalue weighted by Crippen LogP contribution is 2.42. The third kappa shape index (κ3) is 5.53. The highest BCUT2D eigenvalue weighted by molar-refractivity contribution is 5.76. The predicted octanol–water partition coefficient (Wildman–Crippen LogP) is 2.34. The highest BCUT2D eigenvalue weighted by Gasteiger charge is 2.32. The van der Waals surface area contributed by atoms with Gasteiger partial charge < -0.3 is 10.4 Å². The highest BCUT2D eigenvalue weighted by atomic mass is 16.3. The molecule has 100 valence electrons. The van der Waals surface area contributed by atoms with Gasteiger partial charge in [-0.1, -0.05) is 20.8 Å². The van der Waals surface area contributed by atoms with Gasteiger partial charge in [0, 0.05) is 19.6 Å². The molecule has 3 heteroatoms. The maximum Gasteiger partial charge on any atom is 0.220 e. The monoisotopic (exact) mass is 241 g/mol. The molecule has 0 heterocycles. The first-order valence-corrected chi connectivity index (χ1v) is 6.80. The van der Waals surface area contributed by atoms with Gasteiger partial charge in [0.25, 0.3) is 0 Å². The van der Waals surface area contributed by atoms with Crippen LogP contribution in [-0.4, -0.2) is 24.2 Å². The van der Waals surface area contributed by atoms with E-state index in [0.29, 0.717) is 30.7 Å². The SMILES string of the molecule is CC1CC(CC(=O)NCCCO)CC(C)(C)C1. The number of hydrogen-bond acceptors (Lipinski definition) is 2. The van der Waals surface area contributed by atoms with Crippen LogP contribution in [0.25, 0.3) is 0 Å². The molecule has 1 rings (SSSR count). The molecule has 1 saturated carbocycles. The molecule has 0 radical (unpaired) electrons. The summed E-state index contributed by atoms with van der Waals surface area (Å²) in [4.78, 5) is 11.7. The molecule has 2 unspecified atom stereocenters. The summed E-state index contributed by atoms with van der Waals surface area (Å²) in [7, 11) is 0. The van der Waals surface area contributed by atoms with E-state index in [4.69, 9.17) is 5.11 Å². The number of nitrogens with one attached hydrogen (secondary N) is 1. The van der Waals surface area contributed by atoms with E-state index in [1.165, 1.54) is 12.8 Å². The fourth-order valence-corrected chi connectivity index (χ4v) is 3.34. The van der Waals surface area contributed by atoms with Gasteiger partial charge in [-0.25, -0.2) is 0 Å². The number of rotatable bonds is 5. The molecule has 1 amide bonds. The summed E-state index contributed by atoms with van der Waals surface area (Å²) < 4.78 is 0. The summed E-state index contributed by atoms with van der Waals surface area (Å²) in [5.41, 5.74) is 0.383. The maximum absolute atomic E-state index is 11.7. The molecule has 17 heavy (non-hydrogen) atoms. The van der Waals surface area contributed by atoms with Gasteiger partial charge in [-0.05, 0) is 42.9 Å². The molecule has 2 atom stereocenters. The Kier molecular flexibility index (Phi) is 5.44. The zero-order valence-corrected chi connectivity index (χ0v) is 11.5. The number of hydrogen-bond donors (Lipinski definition) is 2. The number of carbonyl (C=O) groups is 1. The van der Waals surface area contributed by atoms with Crippen molar-refractivity contribution in [2.75, 3.05) is 13.2 Å². The molecule has 0 saturated heterocycles. The molecule has 0 bridgehead atoms. The minimum atomic E-state index is 0.147. The molecule has 2 N–H and O–H groups in total. The molecular formula is C14H27NO2. The van der Waals surface area contributed by atoms with E-state index in [2.05, 4.69) is 26.1 Å². The van der Waals surface area contributed by atoms with Gasteiger partial charge in [0.05, 0.1) is 0 Å². The number of aliphatic hydroxyl groups excluding tert-OH is 1. The van der Waals surface area contributed by atoms with Crippen molar-refractivity contribution in [2.24, 2.45) is 17.3 Å². The van der Waals surface area contributed by atoms with Crippen LogP contribution in [0.5, 0.6) is 0 Å². The third-order valence-electron chi connectivity index (χ3n) is 3.61. The van der Waals surface area contributed by atoms with Crippen molar-refractivity contribution in [3.05, 3.63) is 0 Å². The summed E-state index contributed by atoms with van der Waals surface area (Å²) >= 11 is 0. The quantitative estimate of drug-likeness (QED) is 0.726. The Hall–Kier alpha value is -0.570. The van der Waals surface area contributed by atoms with E-state index in [1.54, 1.807) is 0 Å². The second-order valence-electron chi connectivity index (χ2n) is 6.41. The molecule has 1 aliphatic rings. The maximum atomic E-state index is 11.7. The van der Waals surface area contributed by atoms with Crippen molar-refractivity contribution in [3.8, 4) is 0 Å². The Morgan fingerprint density at radius 3 is 2.71 bits per heavy atom. The molecule has 0 spiro atoms. The smallest absolute Gasteiger partial charge is 0.220 e. The first-order chi connectivity index (χ1) is 7.93. The second-order valence-corrected chi connectivity index (χ2v) is 6.41. The summed E-state index contributed by atoms with van der Waals surface area (Å²) in [6.45, 7) is 7.64. The summed E-state index contributed by atoms with van der Waals surface area (Å²) in [6, 6.07) is 0. The van der Waals surface area contributed by atoms with Crippen molar-refractivity contribution >= 4 is 5.91 Å². The average molecular weight is 241 g/mol. The standard InChI is InChI=1S/C14H27NO2/c1-11-7-12(10-14(2,3)9-11)8-13(17)15-5-4-6-16/h11-12,16H,4-10H2,1-3H3,(H,15,17). The molecular weight excluding hydrogens is 214 g/mol. The van der Waals surface area contributed by atoms with E-state index in [1.807, 2.05) is 0 Å². The van der Waals surface area contributed by atoms with Gasteiger partial charge >= 0.3 is 0 Å². The minimum Gasteiger partial charge on any atom is -0.396 e. The molecule has 0 aromatic rings. The number of carbonyl (C=O) groups excluding carboxylic acids is 1. The predicted molar refractivity (Wildman–Crippen MR) is 69.6 cm³/mol. The Balaban J connectivity index is 2.32. The summed E-state index contributed by atoms with van der Waals surface area (Å²) in [6.07, 6.45) is 4.91. The van der Waals surface area contributed by atoms with Crippen LogP contribution in [0.3, 0.4) is 0 Å². The average Bonchev–Trinajstić information content (AvgIpc) is 2.14. The lowest BCUT2D eigenvalue weighted by Crippen LogP contribution is -2.32. The van der Waals surface area contributed by atoms with Crippen LogP contribution < -0.4 is 5.32 Å². The lowest BCUT2D eigenvalue weighted by Gasteiger charge is -2.38. The van der Waals surface area contributed by atoms with E-state index >= 15 is 0 Å². The van der Waals surface area contributed by atoms with Crippen LogP contribution in [0.2, 0.25) is 0 Å². The Labute approximate surface area is 105 Å². The van der Waals surface area contributed by atoms with Crippen molar-refractivity contribution in [3.63, 3.8) is 0 Å². The molecule has 1 fully saturated rings. The molecule has 0 aliphatic heterocycles. The zero-order valence-electron chi connectivity index (χ0n) is 11.5.